The summed E-state index contributed by atoms with van der Waals surface area (Å²) >= 11 is 1.66. The molecule has 29 heavy (non-hydrogen) atoms. The number of para-hydroxylation sites is 1. The largest absolute Gasteiger partial charge is 0.497 e. The zero-order chi connectivity index (χ0) is 20.4. The summed E-state index contributed by atoms with van der Waals surface area (Å²) in [4.78, 5) is 17.4. The molecule has 1 heterocycles. The van der Waals surface area contributed by atoms with Crippen LogP contribution >= 0.6 is 11.3 Å². The summed E-state index contributed by atoms with van der Waals surface area (Å²) < 4.78 is 11.6. The Labute approximate surface area is 172 Å². The van der Waals surface area contributed by atoms with Crippen molar-refractivity contribution in [3.63, 3.8) is 0 Å². The number of ether oxygens (including phenoxy) is 2. The number of carbonyl (C=O) groups is 1. The van der Waals surface area contributed by atoms with Gasteiger partial charge in [0.1, 0.15) is 16.5 Å². The standard InChI is InChI=1S/C23H20N2O3S/c1-14-10-15(23-25-20-6-4-5-7-21(20)29-23)8-9-19(14)24-22(26)16-11-17(27-2)13-18(12-16)28-3/h4-13H,1-3H3,(H,24,26). The van der Waals surface area contributed by atoms with Gasteiger partial charge in [-0.2, -0.15) is 0 Å². The highest BCUT2D eigenvalue weighted by Crippen LogP contribution is 2.32. The lowest BCUT2D eigenvalue weighted by Crippen LogP contribution is -2.13. The predicted octanol–water partition coefficient (Wildman–Crippen LogP) is 5.54. The van der Waals surface area contributed by atoms with Crippen LogP contribution in [0.2, 0.25) is 0 Å². The summed E-state index contributed by atoms with van der Waals surface area (Å²) in [7, 11) is 3.11. The normalized spacial score (nSPS) is 10.7. The highest BCUT2D eigenvalue weighted by atomic mass is 32.1. The number of methoxy groups -OCH3 is 2. The minimum absolute atomic E-state index is 0.224. The van der Waals surface area contributed by atoms with Crippen molar-refractivity contribution in [2.45, 2.75) is 6.92 Å². The van der Waals surface area contributed by atoms with Crippen molar-refractivity contribution < 1.29 is 14.3 Å². The lowest BCUT2D eigenvalue weighted by molar-refractivity contribution is 0.102. The van der Waals surface area contributed by atoms with E-state index in [-0.39, 0.29) is 5.91 Å². The SMILES string of the molecule is COc1cc(OC)cc(C(=O)Nc2ccc(-c3nc4ccccc4s3)cc2C)c1. The first-order valence-corrected chi connectivity index (χ1v) is 9.90. The Morgan fingerprint density at radius 3 is 2.34 bits per heavy atom. The van der Waals surface area contributed by atoms with Gasteiger partial charge in [0.15, 0.2) is 0 Å². The predicted molar refractivity (Wildman–Crippen MR) is 117 cm³/mol. The van der Waals surface area contributed by atoms with E-state index in [1.807, 2.05) is 43.3 Å². The molecule has 0 bridgehead atoms. The van der Waals surface area contributed by atoms with E-state index in [1.165, 1.54) is 0 Å². The van der Waals surface area contributed by atoms with Crippen LogP contribution in [0.5, 0.6) is 11.5 Å². The summed E-state index contributed by atoms with van der Waals surface area (Å²) in [5, 5.41) is 3.93. The van der Waals surface area contributed by atoms with Gasteiger partial charge in [-0.05, 0) is 55.0 Å². The van der Waals surface area contributed by atoms with E-state index in [2.05, 4.69) is 11.4 Å². The number of thiazole rings is 1. The Morgan fingerprint density at radius 1 is 0.966 bits per heavy atom. The third-order valence-corrected chi connectivity index (χ3v) is 5.71. The zero-order valence-corrected chi connectivity index (χ0v) is 17.2. The van der Waals surface area contributed by atoms with Gasteiger partial charge in [0.25, 0.3) is 5.91 Å². The van der Waals surface area contributed by atoms with Gasteiger partial charge < -0.3 is 14.8 Å². The highest BCUT2D eigenvalue weighted by molar-refractivity contribution is 7.21. The van der Waals surface area contributed by atoms with Gasteiger partial charge in [0, 0.05) is 22.9 Å². The second-order valence-electron chi connectivity index (χ2n) is 6.57. The Kier molecular flexibility index (Phi) is 5.18. The van der Waals surface area contributed by atoms with Gasteiger partial charge in [0.2, 0.25) is 0 Å². The van der Waals surface area contributed by atoms with E-state index in [1.54, 1.807) is 43.8 Å². The first-order chi connectivity index (χ1) is 14.1. The van der Waals surface area contributed by atoms with Gasteiger partial charge in [0.05, 0.1) is 24.4 Å². The van der Waals surface area contributed by atoms with Crippen LogP contribution in [0.3, 0.4) is 0 Å². The molecule has 4 rings (SSSR count). The first-order valence-electron chi connectivity index (χ1n) is 9.08. The van der Waals surface area contributed by atoms with E-state index in [0.29, 0.717) is 17.1 Å². The lowest BCUT2D eigenvalue weighted by Gasteiger charge is -2.11. The third-order valence-electron chi connectivity index (χ3n) is 4.63. The Hall–Kier alpha value is -3.38. The van der Waals surface area contributed by atoms with E-state index < -0.39 is 0 Å². The summed E-state index contributed by atoms with van der Waals surface area (Å²) in [6, 6.07) is 19.1. The number of aryl methyl sites for hydroxylation is 1. The number of anilines is 1. The number of hydrogen-bond acceptors (Lipinski definition) is 5. The van der Waals surface area contributed by atoms with Crippen LogP contribution in [0.25, 0.3) is 20.8 Å². The quantitative estimate of drug-likeness (QED) is 0.474. The number of hydrogen-bond donors (Lipinski definition) is 1. The molecule has 0 atom stereocenters. The number of nitrogens with zero attached hydrogens (tertiary/aromatic N) is 1. The van der Waals surface area contributed by atoms with Crippen molar-refractivity contribution in [2.75, 3.05) is 19.5 Å². The third kappa shape index (κ3) is 3.93. The van der Waals surface area contributed by atoms with Crippen molar-refractivity contribution >= 4 is 33.1 Å². The monoisotopic (exact) mass is 404 g/mol. The van der Waals surface area contributed by atoms with Crippen molar-refractivity contribution in [1.82, 2.24) is 4.98 Å². The minimum atomic E-state index is -0.224. The summed E-state index contributed by atoms with van der Waals surface area (Å²) in [5.74, 6) is 0.910. The van der Waals surface area contributed by atoms with Crippen molar-refractivity contribution in [1.29, 1.82) is 0 Å². The van der Waals surface area contributed by atoms with Gasteiger partial charge in [-0.3, -0.25) is 4.79 Å². The van der Waals surface area contributed by atoms with Crippen LogP contribution in [0, 0.1) is 6.92 Å². The molecule has 0 saturated carbocycles. The maximum atomic E-state index is 12.7. The second-order valence-corrected chi connectivity index (χ2v) is 7.60. The molecule has 0 aliphatic heterocycles. The lowest BCUT2D eigenvalue weighted by atomic mass is 10.1. The molecule has 1 N–H and O–H groups in total. The number of carbonyl (C=O) groups excluding carboxylic acids is 1. The van der Waals surface area contributed by atoms with Gasteiger partial charge >= 0.3 is 0 Å². The molecule has 0 fully saturated rings. The number of amides is 1. The van der Waals surface area contributed by atoms with Crippen LogP contribution < -0.4 is 14.8 Å². The molecule has 0 aliphatic carbocycles. The minimum Gasteiger partial charge on any atom is -0.497 e. The number of aromatic nitrogens is 1. The van der Waals surface area contributed by atoms with Crippen LogP contribution in [0.1, 0.15) is 15.9 Å². The Morgan fingerprint density at radius 2 is 1.69 bits per heavy atom. The summed E-state index contributed by atoms with van der Waals surface area (Å²) in [6.45, 7) is 1.97. The Balaban J connectivity index is 1.59. The molecule has 4 aromatic rings. The molecule has 0 aliphatic rings. The first kappa shape index (κ1) is 19.0. The molecule has 6 heteroatoms. The van der Waals surface area contributed by atoms with E-state index in [4.69, 9.17) is 14.5 Å². The molecule has 3 aromatic carbocycles. The summed E-state index contributed by atoms with van der Waals surface area (Å²) in [5.41, 5.74) is 4.21. The fourth-order valence-corrected chi connectivity index (χ4v) is 4.03. The van der Waals surface area contributed by atoms with Gasteiger partial charge in [-0.1, -0.05) is 12.1 Å². The van der Waals surface area contributed by atoms with E-state index in [0.717, 1.165) is 32.0 Å². The van der Waals surface area contributed by atoms with Gasteiger partial charge in [-0.25, -0.2) is 4.98 Å². The highest BCUT2D eigenvalue weighted by Gasteiger charge is 2.13. The number of fused-ring (bicyclic) bond motifs is 1. The molecule has 0 unspecified atom stereocenters. The molecular formula is C23H20N2O3S. The van der Waals surface area contributed by atoms with Crippen molar-refractivity contribution in [3.8, 4) is 22.1 Å². The summed E-state index contributed by atoms with van der Waals surface area (Å²) in [6.07, 6.45) is 0. The number of benzene rings is 3. The fraction of sp³-hybridized carbons (Fsp3) is 0.130. The molecule has 1 aromatic heterocycles. The number of nitrogens with one attached hydrogen (secondary N) is 1. The molecule has 0 saturated heterocycles. The Bertz CT molecular complexity index is 1140. The molecule has 0 spiro atoms. The van der Waals surface area contributed by atoms with Crippen LogP contribution in [-0.2, 0) is 0 Å². The zero-order valence-electron chi connectivity index (χ0n) is 16.4. The molecule has 1 amide bonds. The molecule has 5 nitrogen and oxygen atoms in total. The average Bonchev–Trinajstić information content (AvgIpc) is 3.19. The molecular weight excluding hydrogens is 384 g/mol. The molecule has 146 valence electrons. The maximum Gasteiger partial charge on any atom is 0.255 e. The second kappa shape index (κ2) is 7.93. The maximum absolute atomic E-state index is 12.7. The van der Waals surface area contributed by atoms with Crippen LogP contribution in [-0.4, -0.2) is 25.1 Å². The molecule has 0 radical (unpaired) electrons. The van der Waals surface area contributed by atoms with Gasteiger partial charge in [-0.15, -0.1) is 11.3 Å². The fourth-order valence-electron chi connectivity index (χ4n) is 3.07. The smallest absolute Gasteiger partial charge is 0.255 e. The van der Waals surface area contributed by atoms with Crippen LogP contribution in [0.15, 0.2) is 60.7 Å². The van der Waals surface area contributed by atoms with Crippen molar-refractivity contribution in [2.24, 2.45) is 0 Å². The van der Waals surface area contributed by atoms with E-state index >= 15 is 0 Å². The van der Waals surface area contributed by atoms with E-state index in [9.17, 15) is 4.79 Å². The average molecular weight is 404 g/mol. The number of rotatable bonds is 5. The topological polar surface area (TPSA) is 60.5 Å². The van der Waals surface area contributed by atoms with Crippen molar-refractivity contribution in [3.05, 3.63) is 71.8 Å². The van der Waals surface area contributed by atoms with Crippen LogP contribution in [0.4, 0.5) is 5.69 Å².